The van der Waals surface area contributed by atoms with E-state index in [4.69, 9.17) is 4.74 Å². The quantitative estimate of drug-likeness (QED) is 0.270. The Kier molecular flexibility index (Phi) is 9.98. The highest BCUT2D eigenvalue weighted by atomic mass is 127. The van der Waals surface area contributed by atoms with Crippen LogP contribution in [0.15, 0.2) is 11.2 Å². The number of aryl methyl sites for hydroxylation is 1. The number of hydrogen-bond donors (Lipinski definition) is 2. The Bertz CT molecular complexity index is 449. The molecule has 0 saturated heterocycles. The normalized spacial score (nSPS) is 14.5. The fraction of sp³-hybridized carbons (Fsp3) is 0.733. The molecule has 7 heteroatoms. The van der Waals surface area contributed by atoms with Crippen LogP contribution < -0.4 is 10.6 Å². The molecule has 22 heavy (non-hydrogen) atoms. The Balaban J connectivity index is 0.00000242. The standard InChI is InChI=1S/C15H26N4OS.HI/c1-3-16-15(19-10-14-18-9-12(2)21-14)17-7-4-8-20-11-13-5-6-13;/h9,13H,3-8,10-11H2,1-2H3,(H2,16,17,19);1H. The molecule has 5 nitrogen and oxygen atoms in total. The van der Waals surface area contributed by atoms with Crippen molar-refractivity contribution in [3.8, 4) is 0 Å². The van der Waals surface area contributed by atoms with Crippen molar-refractivity contribution in [3.05, 3.63) is 16.1 Å². The summed E-state index contributed by atoms with van der Waals surface area (Å²) < 4.78 is 5.62. The van der Waals surface area contributed by atoms with Gasteiger partial charge in [-0.3, -0.25) is 0 Å². The summed E-state index contributed by atoms with van der Waals surface area (Å²) >= 11 is 1.70. The van der Waals surface area contributed by atoms with Gasteiger partial charge < -0.3 is 15.4 Å². The van der Waals surface area contributed by atoms with Crippen LogP contribution in [0.4, 0.5) is 0 Å². The molecule has 0 aliphatic heterocycles. The Labute approximate surface area is 154 Å². The van der Waals surface area contributed by atoms with Crippen LogP contribution >= 0.6 is 35.3 Å². The molecule has 0 radical (unpaired) electrons. The Morgan fingerprint density at radius 3 is 2.91 bits per heavy atom. The van der Waals surface area contributed by atoms with Crippen LogP contribution in [0.3, 0.4) is 0 Å². The molecule has 1 aromatic heterocycles. The molecule has 0 bridgehead atoms. The molecule has 1 fully saturated rings. The van der Waals surface area contributed by atoms with E-state index in [9.17, 15) is 0 Å². The average Bonchev–Trinajstić information content (AvgIpc) is 3.21. The highest BCUT2D eigenvalue weighted by molar-refractivity contribution is 14.0. The maximum Gasteiger partial charge on any atom is 0.191 e. The van der Waals surface area contributed by atoms with Crippen molar-refractivity contribution in [2.45, 2.75) is 39.7 Å². The van der Waals surface area contributed by atoms with Crippen molar-refractivity contribution in [2.24, 2.45) is 10.9 Å². The smallest absolute Gasteiger partial charge is 0.191 e. The number of thiazole rings is 1. The van der Waals surface area contributed by atoms with Crippen molar-refractivity contribution in [1.82, 2.24) is 15.6 Å². The minimum absolute atomic E-state index is 0. The summed E-state index contributed by atoms with van der Waals surface area (Å²) in [5.41, 5.74) is 0. The molecule has 1 saturated carbocycles. The second kappa shape index (κ2) is 11.2. The molecule has 0 amide bonds. The van der Waals surface area contributed by atoms with E-state index in [1.807, 2.05) is 6.20 Å². The maximum absolute atomic E-state index is 5.62. The third-order valence-electron chi connectivity index (χ3n) is 3.19. The van der Waals surface area contributed by atoms with E-state index in [1.165, 1.54) is 17.7 Å². The van der Waals surface area contributed by atoms with Gasteiger partial charge in [0, 0.05) is 37.4 Å². The van der Waals surface area contributed by atoms with Crippen LogP contribution in [0.5, 0.6) is 0 Å². The van der Waals surface area contributed by atoms with Crippen LogP contribution in [0, 0.1) is 12.8 Å². The first-order valence-electron chi connectivity index (χ1n) is 7.79. The lowest BCUT2D eigenvalue weighted by Gasteiger charge is -2.11. The van der Waals surface area contributed by atoms with E-state index in [0.29, 0.717) is 6.54 Å². The molecule has 0 atom stereocenters. The van der Waals surface area contributed by atoms with E-state index >= 15 is 0 Å². The minimum atomic E-state index is 0. The van der Waals surface area contributed by atoms with Crippen molar-refractivity contribution in [3.63, 3.8) is 0 Å². The van der Waals surface area contributed by atoms with Crippen molar-refractivity contribution in [2.75, 3.05) is 26.3 Å². The number of aromatic nitrogens is 1. The molecule has 0 aromatic carbocycles. The summed E-state index contributed by atoms with van der Waals surface area (Å²) in [7, 11) is 0. The van der Waals surface area contributed by atoms with E-state index in [0.717, 1.165) is 49.6 Å². The second-order valence-corrected chi connectivity index (χ2v) is 6.68. The number of rotatable bonds is 9. The summed E-state index contributed by atoms with van der Waals surface area (Å²) in [5.74, 6) is 1.70. The summed E-state index contributed by atoms with van der Waals surface area (Å²) in [6, 6.07) is 0. The first-order chi connectivity index (χ1) is 10.3. The van der Waals surface area contributed by atoms with Gasteiger partial charge in [-0.2, -0.15) is 0 Å². The van der Waals surface area contributed by atoms with Crippen LogP contribution in [0.2, 0.25) is 0 Å². The molecular weight excluding hydrogens is 411 g/mol. The van der Waals surface area contributed by atoms with Crippen molar-refractivity contribution < 1.29 is 4.74 Å². The van der Waals surface area contributed by atoms with Gasteiger partial charge in [-0.15, -0.1) is 35.3 Å². The second-order valence-electron chi connectivity index (χ2n) is 5.36. The molecular formula is C15H27IN4OS. The number of hydrogen-bond acceptors (Lipinski definition) is 4. The molecule has 1 aliphatic rings. The minimum Gasteiger partial charge on any atom is -0.381 e. The van der Waals surface area contributed by atoms with Gasteiger partial charge in [0.05, 0.1) is 6.54 Å². The molecule has 2 rings (SSSR count). The van der Waals surface area contributed by atoms with E-state index < -0.39 is 0 Å². The first kappa shape index (κ1) is 19.6. The lowest BCUT2D eigenvalue weighted by atomic mass is 10.4. The Morgan fingerprint density at radius 1 is 1.45 bits per heavy atom. The zero-order valence-corrected chi connectivity index (χ0v) is 16.6. The first-order valence-corrected chi connectivity index (χ1v) is 8.60. The van der Waals surface area contributed by atoms with Crippen LogP contribution in [0.25, 0.3) is 0 Å². The fourth-order valence-corrected chi connectivity index (χ4v) is 2.59. The van der Waals surface area contributed by atoms with Gasteiger partial charge in [-0.25, -0.2) is 9.98 Å². The van der Waals surface area contributed by atoms with Crippen molar-refractivity contribution in [1.29, 1.82) is 0 Å². The molecule has 1 aromatic rings. The Morgan fingerprint density at radius 2 is 2.27 bits per heavy atom. The fourth-order valence-electron chi connectivity index (χ4n) is 1.88. The summed E-state index contributed by atoms with van der Waals surface area (Å²) in [5, 5.41) is 7.64. The largest absolute Gasteiger partial charge is 0.381 e. The average molecular weight is 438 g/mol. The number of ether oxygens (including phenoxy) is 1. The van der Waals surface area contributed by atoms with Crippen LogP contribution in [-0.2, 0) is 11.3 Å². The summed E-state index contributed by atoms with van der Waals surface area (Å²) in [6.45, 7) is 8.28. The topological polar surface area (TPSA) is 58.5 Å². The van der Waals surface area contributed by atoms with Crippen LogP contribution in [-0.4, -0.2) is 37.2 Å². The zero-order valence-electron chi connectivity index (χ0n) is 13.4. The maximum atomic E-state index is 5.62. The third-order valence-corrected chi connectivity index (χ3v) is 4.09. The van der Waals surface area contributed by atoms with E-state index in [-0.39, 0.29) is 24.0 Å². The lowest BCUT2D eigenvalue weighted by Crippen LogP contribution is -2.38. The van der Waals surface area contributed by atoms with Gasteiger partial charge >= 0.3 is 0 Å². The SMILES string of the molecule is CCNC(=NCc1ncc(C)s1)NCCCOCC1CC1.I. The Hall–Kier alpha value is -0.410. The highest BCUT2D eigenvalue weighted by Gasteiger charge is 2.20. The number of nitrogens with zero attached hydrogens (tertiary/aromatic N) is 2. The molecule has 126 valence electrons. The predicted octanol–water partition coefficient (Wildman–Crippen LogP) is 2.94. The zero-order chi connectivity index (χ0) is 14.9. The van der Waals surface area contributed by atoms with E-state index in [2.05, 4.69) is 34.5 Å². The van der Waals surface area contributed by atoms with Gasteiger partial charge in [0.1, 0.15) is 5.01 Å². The summed E-state index contributed by atoms with van der Waals surface area (Å²) in [4.78, 5) is 10.1. The molecule has 0 unspecified atom stereocenters. The number of aliphatic imine (C=N–C) groups is 1. The van der Waals surface area contributed by atoms with Gasteiger partial charge in [0.15, 0.2) is 5.96 Å². The van der Waals surface area contributed by atoms with Gasteiger partial charge in [0.2, 0.25) is 0 Å². The number of halogens is 1. The monoisotopic (exact) mass is 438 g/mol. The molecule has 2 N–H and O–H groups in total. The van der Waals surface area contributed by atoms with Gasteiger partial charge in [0.25, 0.3) is 0 Å². The predicted molar refractivity (Wildman–Crippen MR) is 103 cm³/mol. The van der Waals surface area contributed by atoms with Gasteiger partial charge in [-0.05, 0) is 39.0 Å². The summed E-state index contributed by atoms with van der Waals surface area (Å²) in [6.07, 6.45) is 5.61. The highest BCUT2D eigenvalue weighted by Crippen LogP contribution is 2.28. The van der Waals surface area contributed by atoms with E-state index in [1.54, 1.807) is 11.3 Å². The molecule has 1 heterocycles. The van der Waals surface area contributed by atoms with Gasteiger partial charge in [-0.1, -0.05) is 0 Å². The third kappa shape index (κ3) is 8.28. The van der Waals surface area contributed by atoms with Crippen molar-refractivity contribution >= 4 is 41.3 Å². The van der Waals surface area contributed by atoms with Crippen LogP contribution in [0.1, 0.15) is 36.1 Å². The lowest BCUT2D eigenvalue weighted by molar-refractivity contribution is 0.123. The number of guanidine groups is 1. The number of nitrogens with one attached hydrogen (secondary N) is 2. The molecule has 1 aliphatic carbocycles. The molecule has 0 spiro atoms.